The average molecular weight is 246 g/mol. The van der Waals surface area contributed by atoms with Crippen LogP contribution in [0.2, 0.25) is 0 Å². The number of amides is 1. The Labute approximate surface area is 104 Å². The highest BCUT2D eigenvalue weighted by Crippen LogP contribution is 2.06. The minimum Gasteiger partial charge on any atom is -0.378 e. The van der Waals surface area contributed by atoms with Gasteiger partial charge in [0.05, 0.1) is 11.9 Å². The van der Waals surface area contributed by atoms with Crippen molar-refractivity contribution < 1.29 is 4.79 Å². The van der Waals surface area contributed by atoms with Crippen LogP contribution in [-0.4, -0.2) is 32.7 Å². The number of nitrogens with one attached hydrogen (secondary N) is 2. The second-order valence-corrected chi connectivity index (χ2v) is 3.70. The predicted octanol–water partition coefficient (Wildman–Crippen LogP) is 0.0312. The molecule has 94 valence electrons. The first-order valence-electron chi connectivity index (χ1n) is 5.48. The smallest absolute Gasteiger partial charge is 0.241 e. The summed E-state index contributed by atoms with van der Waals surface area (Å²) in [6, 6.07) is 0. The van der Waals surface area contributed by atoms with E-state index in [2.05, 4.69) is 25.7 Å². The van der Waals surface area contributed by atoms with Crippen LogP contribution in [0.25, 0.3) is 0 Å². The van der Waals surface area contributed by atoms with Gasteiger partial charge in [0.2, 0.25) is 5.91 Å². The summed E-state index contributed by atoms with van der Waals surface area (Å²) in [6.07, 6.45) is 8.43. The Morgan fingerprint density at radius 2 is 2.11 bits per heavy atom. The molecular weight excluding hydrogens is 232 g/mol. The largest absolute Gasteiger partial charge is 0.378 e. The van der Waals surface area contributed by atoms with E-state index < -0.39 is 0 Å². The third-order valence-electron chi connectivity index (χ3n) is 2.33. The van der Waals surface area contributed by atoms with Crippen LogP contribution in [0.1, 0.15) is 5.56 Å². The van der Waals surface area contributed by atoms with Gasteiger partial charge in [0.1, 0.15) is 12.9 Å². The highest BCUT2D eigenvalue weighted by Gasteiger charge is 2.02. The molecule has 0 radical (unpaired) electrons. The second-order valence-electron chi connectivity index (χ2n) is 3.70. The van der Waals surface area contributed by atoms with E-state index in [0.29, 0.717) is 6.54 Å². The maximum Gasteiger partial charge on any atom is 0.241 e. The number of nitrogens with zero attached hydrogens (tertiary/aromatic N) is 4. The minimum atomic E-state index is -0.0823. The van der Waals surface area contributed by atoms with Gasteiger partial charge in [-0.05, 0) is 0 Å². The van der Waals surface area contributed by atoms with Gasteiger partial charge in [-0.1, -0.05) is 0 Å². The Morgan fingerprint density at radius 1 is 1.33 bits per heavy atom. The summed E-state index contributed by atoms with van der Waals surface area (Å²) in [7, 11) is 1.60. The van der Waals surface area contributed by atoms with E-state index in [9.17, 15) is 4.79 Å². The maximum atomic E-state index is 11.2. The van der Waals surface area contributed by atoms with E-state index in [1.54, 1.807) is 36.5 Å². The van der Waals surface area contributed by atoms with E-state index in [1.807, 2.05) is 0 Å². The van der Waals surface area contributed by atoms with Crippen LogP contribution < -0.4 is 10.6 Å². The van der Waals surface area contributed by atoms with Gasteiger partial charge < -0.3 is 10.6 Å². The number of anilines is 1. The van der Waals surface area contributed by atoms with E-state index in [0.717, 1.165) is 11.3 Å². The molecule has 0 aromatic carbocycles. The lowest BCUT2D eigenvalue weighted by molar-refractivity contribution is -0.121. The Bertz CT molecular complexity index is 509. The third kappa shape index (κ3) is 3.27. The van der Waals surface area contributed by atoms with Crippen molar-refractivity contribution in [1.29, 1.82) is 0 Å². The topological polar surface area (TPSA) is 84.7 Å². The molecule has 0 spiro atoms. The van der Waals surface area contributed by atoms with Gasteiger partial charge in [-0.25, -0.2) is 9.97 Å². The molecular formula is C11H14N6O. The maximum absolute atomic E-state index is 11.2. The molecule has 0 saturated carbocycles. The molecule has 0 saturated heterocycles. The van der Waals surface area contributed by atoms with Crippen molar-refractivity contribution in [3.8, 4) is 0 Å². The van der Waals surface area contributed by atoms with Crippen LogP contribution in [0.4, 0.5) is 5.69 Å². The molecule has 0 aliphatic heterocycles. The standard InChI is InChI=1S/C11H14N6O/c1-12-11(18)7-17-6-10(5-16-17)15-4-9-2-13-8-14-3-9/h2-3,5-6,8,15H,4,7H2,1H3,(H,12,18). The van der Waals surface area contributed by atoms with Crippen LogP contribution >= 0.6 is 0 Å². The minimum absolute atomic E-state index is 0.0823. The second kappa shape index (κ2) is 5.76. The SMILES string of the molecule is CNC(=O)Cn1cc(NCc2cncnc2)cn1. The summed E-state index contributed by atoms with van der Waals surface area (Å²) in [5.74, 6) is -0.0823. The van der Waals surface area contributed by atoms with Crippen LogP contribution in [0.15, 0.2) is 31.1 Å². The highest BCUT2D eigenvalue weighted by molar-refractivity contribution is 5.75. The van der Waals surface area contributed by atoms with Crippen LogP contribution in [0.3, 0.4) is 0 Å². The molecule has 2 heterocycles. The Kier molecular flexibility index (Phi) is 3.85. The Balaban J connectivity index is 1.89. The van der Waals surface area contributed by atoms with E-state index >= 15 is 0 Å². The molecule has 7 nitrogen and oxygen atoms in total. The molecule has 0 fully saturated rings. The highest BCUT2D eigenvalue weighted by atomic mass is 16.1. The van der Waals surface area contributed by atoms with Crippen molar-refractivity contribution in [2.24, 2.45) is 0 Å². The normalized spacial score (nSPS) is 10.1. The molecule has 18 heavy (non-hydrogen) atoms. The number of hydrogen-bond acceptors (Lipinski definition) is 5. The number of hydrogen-bond donors (Lipinski definition) is 2. The lowest BCUT2D eigenvalue weighted by Crippen LogP contribution is -2.23. The zero-order chi connectivity index (χ0) is 12.8. The van der Waals surface area contributed by atoms with Crippen molar-refractivity contribution in [2.45, 2.75) is 13.1 Å². The summed E-state index contributed by atoms with van der Waals surface area (Å²) in [5.41, 5.74) is 1.83. The zero-order valence-electron chi connectivity index (χ0n) is 10.00. The fraction of sp³-hybridized carbons (Fsp3) is 0.273. The molecule has 2 rings (SSSR count). The van der Waals surface area contributed by atoms with Gasteiger partial charge in [-0.3, -0.25) is 9.48 Å². The number of likely N-dealkylation sites (N-methyl/N-ethyl adjacent to an activating group) is 1. The fourth-order valence-electron chi connectivity index (χ4n) is 1.39. The molecule has 0 aliphatic carbocycles. The van der Waals surface area contributed by atoms with Gasteiger partial charge >= 0.3 is 0 Å². The molecule has 2 aromatic rings. The average Bonchev–Trinajstić information content (AvgIpc) is 2.85. The van der Waals surface area contributed by atoms with Crippen molar-refractivity contribution in [3.63, 3.8) is 0 Å². The van der Waals surface area contributed by atoms with E-state index in [1.165, 1.54) is 6.33 Å². The van der Waals surface area contributed by atoms with Crippen LogP contribution in [0, 0.1) is 0 Å². The molecule has 1 amide bonds. The molecule has 2 N–H and O–H groups in total. The number of rotatable bonds is 5. The van der Waals surface area contributed by atoms with Gasteiger partial charge in [-0.2, -0.15) is 5.10 Å². The summed E-state index contributed by atoms with van der Waals surface area (Å²) >= 11 is 0. The number of aromatic nitrogens is 4. The summed E-state index contributed by atoms with van der Waals surface area (Å²) in [4.78, 5) is 19.0. The lowest BCUT2D eigenvalue weighted by atomic mass is 10.3. The molecule has 0 unspecified atom stereocenters. The van der Waals surface area contributed by atoms with Gasteiger partial charge in [0.25, 0.3) is 0 Å². The van der Waals surface area contributed by atoms with E-state index in [4.69, 9.17) is 0 Å². The lowest BCUT2D eigenvalue weighted by Gasteiger charge is -2.02. The first kappa shape index (κ1) is 12.0. The van der Waals surface area contributed by atoms with Crippen molar-refractivity contribution in [3.05, 3.63) is 36.7 Å². The van der Waals surface area contributed by atoms with Crippen molar-refractivity contribution in [1.82, 2.24) is 25.1 Å². The zero-order valence-corrected chi connectivity index (χ0v) is 10.00. The van der Waals surface area contributed by atoms with Gasteiger partial charge in [0, 0.05) is 37.7 Å². The fourth-order valence-corrected chi connectivity index (χ4v) is 1.39. The molecule has 7 heteroatoms. The van der Waals surface area contributed by atoms with Crippen LogP contribution in [-0.2, 0) is 17.9 Å². The van der Waals surface area contributed by atoms with Crippen molar-refractivity contribution in [2.75, 3.05) is 12.4 Å². The Morgan fingerprint density at radius 3 is 2.83 bits per heavy atom. The number of carbonyl (C=O) groups is 1. The number of carbonyl (C=O) groups excluding carboxylic acids is 1. The monoisotopic (exact) mass is 246 g/mol. The molecule has 0 bridgehead atoms. The van der Waals surface area contributed by atoms with Gasteiger partial charge in [0.15, 0.2) is 0 Å². The molecule has 2 aromatic heterocycles. The van der Waals surface area contributed by atoms with Crippen LogP contribution in [0.5, 0.6) is 0 Å². The van der Waals surface area contributed by atoms with Gasteiger partial charge in [-0.15, -0.1) is 0 Å². The van der Waals surface area contributed by atoms with Crippen molar-refractivity contribution >= 4 is 11.6 Å². The first-order chi connectivity index (χ1) is 8.78. The summed E-state index contributed by atoms with van der Waals surface area (Å²) < 4.78 is 1.57. The predicted molar refractivity (Wildman–Crippen MR) is 65.7 cm³/mol. The van der Waals surface area contributed by atoms with E-state index in [-0.39, 0.29) is 12.5 Å². The third-order valence-corrected chi connectivity index (χ3v) is 2.33. The summed E-state index contributed by atoms with van der Waals surface area (Å²) in [5, 5.41) is 9.80. The first-order valence-corrected chi connectivity index (χ1v) is 5.48. The molecule has 0 aliphatic rings. The quantitative estimate of drug-likeness (QED) is 0.777. The Hall–Kier alpha value is -2.44. The molecule has 0 atom stereocenters. The summed E-state index contributed by atoms with van der Waals surface area (Å²) in [6.45, 7) is 0.832.